The van der Waals surface area contributed by atoms with Gasteiger partial charge in [-0.1, -0.05) is 40.9 Å². The fourth-order valence-corrected chi connectivity index (χ4v) is 2.85. The summed E-state index contributed by atoms with van der Waals surface area (Å²) in [6.45, 7) is 3.09. The Morgan fingerprint density at radius 2 is 1.65 bits per heavy atom. The van der Waals surface area contributed by atoms with Crippen LogP contribution in [0.3, 0.4) is 0 Å². The third kappa shape index (κ3) is 3.54. The molecule has 0 amide bonds. The first-order valence-electron chi connectivity index (χ1n) is 6.51. The zero-order valence-corrected chi connectivity index (χ0v) is 11.8. The minimum Gasteiger partial charge on any atom is -0.329 e. The maximum absolute atomic E-state index is 5.97. The topological polar surface area (TPSA) is 29.3 Å². The normalized spacial score (nSPS) is 19.9. The van der Waals surface area contributed by atoms with Crippen LogP contribution in [0.15, 0.2) is 28.7 Å². The predicted octanol–water partition coefficient (Wildman–Crippen LogP) is 3.32. The van der Waals surface area contributed by atoms with Crippen molar-refractivity contribution in [2.24, 2.45) is 5.73 Å². The summed E-state index contributed by atoms with van der Waals surface area (Å²) in [5.74, 6) is 0. The molecule has 1 aromatic rings. The summed E-state index contributed by atoms with van der Waals surface area (Å²) in [5, 5.41) is 0. The molecule has 0 bridgehead atoms. The Bertz CT molecular complexity index is 329. The Kier molecular flexibility index (Phi) is 5.01. The van der Waals surface area contributed by atoms with E-state index in [4.69, 9.17) is 5.73 Å². The third-order valence-electron chi connectivity index (χ3n) is 3.56. The molecule has 3 heteroatoms. The largest absolute Gasteiger partial charge is 0.329 e. The van der Waals surface area contributed by atoms with Crippen LogP contribution in [-0.4, -0.2) is 24.5 Å². The number of likely N-dealkylation sites (tertiary alicyclic amines) is 1. The molecule has 0 radical (unpaired) electrons. The lowest BCUT2D eigenvalue weighted by molar-refractivity contribution is 0.210. The van der Waals surface area contributed by atoms with Crippen molar-refractivity contribution in [2.45, 2.75) is 31.7 Å². The van der Waals surface area contributed by atoms with E-state index in [2.05, 4.69) is 45.1 Å². The van der Waals surface area contributed by atoms with Gasteiger partial charge >= 0.3 is 0 Å². The molecule has 17 heavy (non-hydrogen) atoms. The Morgan fingerprint density at radius 1 is 1.06 bits per heavy atom. The second-order valence-corrected chi connectivity index (χ2v) is 5.67. The van der Waals surface area contributed by atoms with E-state index in [0.29, 0.717) is 12.6 Å². The monoisotopic (exact) mass is 296 g/mol. The number of hydrogen-bond donors (Lipinski definition) is 1. The Morgan fingerprint density at radius 3 is 2.18 bits per heavy atom. The predicted molar refractivity (Wildman–Crippen MR) is 76.0 cm³/mol. The van der Waals surface area contributed by atoms with Gasteiger partial charge in [0.2, 0.25) is 0 Å². The van der Waals surface area contributed by atoms with Crippen molar-refractivity contribution in [2.75, 3.05) is 19.6 Å². The van der Waals surface area contributed by atoms with Gasteiger partial charge < -0.3 is 5.73 Å². The van der Waals surface area contributed by atoms with Crippen LogP contribution in [0.25, 0.3) is 0 Å². The molecule has 1 aliphatic heterocycles. The fraction of sp³-hybridized carbons (Fsp3) is 0.571. The lowest BCUT2D eigenvalue weighted by atomic mass is 10.1. The summed E-state index contributed by atoms with van der Waals surface area (Å²) >= 11 is 3.48. The smallest absolute Gasteiger partial charge is 0.0470 e. The van der Waals surface area contributed by atoms with Crippen LogP contribution in [0.2, 0.25) is 0 Å². The number of hydrogen-bond acceptors (Lipinski definition) is 2. The van der Waals surface area contributed by atoms with Gasteiger partial charge in [0.25, 0.3) is 0 Å². The molecule has 0 aliphatic carbocycles. The molecule has 1 fully saturated rings. The summed E-state index contributed by atoms with van der Waals surface area (Å²) < 4.78 is 1.13. The average molecular weight is 297 g/mol. The lowest BCUT2D eigenvalue weighted by Crippen LogP contribution is -2.34. The van der Waals surface area contributed by atoms with Crippen LogP contribution in [0.4, 0.5) is 0 Å². The highest BCUT2D eigenvalue weighted by atomic mass is 79.9. The molecule has 2 N–H and O–H groups in total. The van der Waals surface area contributed by atoms with Crippen LogP contribution < -0.4 is 5.73 Å². The van der Waals surface area contributed by atoms with E-state index in [1.807, 2.05) is 0 Å². The van der Waals surface area contributed by atoms with Gasteiger partial charge in [-0.05, 0) is 43.6 Å². The van der Waals surface area contributed by atoms with Crippen molar-refractivity contribution in [1.29, 1.82) is 0 Å². The van der Waals surface area contributed by atoms with E-state index in [1.54, 1.807) is 0 Å². The third-order valence-corrected chi connectivity index (χ3v) is 4.09. The standard InChI is InChI=1S/C14H21BrN2/c15-13-7-5-12(6-8-13)14(11-16)17-9-3-1-2-4-10-17/h5-8,14H,1-4,9-11,16H2. The molecule has 1 aliphatic rings. The SMILES string of the molecule is NCC(c1ccc(Br)cc1)N1CCCCCC1. The number of benzene rings is 1. The molecule has 1 unspecified atom stereocenters. The van der Waals surface area contributed by atoms with Gasteiger partial charge in [0.05, 0.1) is 0 Å². The summed E-state index contributed by atoms with van der Waals surface area (Å²) in [6.07, 6.45) is 5.36. The highest BCUT2D eigenvalue weighted by Gasteiger charge is 2.19. The van der Waals surface area contributed by atoms with Crippen molar-refractivity contribution in [3.05, 3.63) is 34.3 Å². The molecule has 0 spiro atoms. The van der Waals surface area contributed by atoms with Crippen molar-refractivity contribution >= 4 is 15.9 Å². The maximum atomic E-state index is 5.97. The Balaban J connectivity index is 2.11. The average Bonchev–Trinajstić information content (AvgIpc) is 2.62. The second-order valence-electron chi connectivity index (χ2n) is 4.75. The summed E-state index contributed by atoms with van der Waals surface area (Å²) in [4.78, 5) is 2.55. The van der Waals surface area contributed by atoms with E-state index in [1.165, 1.54) is 44.3 Å². The van der Waals surface area contributed by atoms with Crippen LogP contribution >= 0.6 is 15.9 Å². The molecule has 2 rings (SSSR count). The molecule has 94 valence electrons. The first-order valence-corrected chi connectivity index (χ1v) is 7.30. The van der Waals surface area contributed by atoms with E-state index in [-0.39, 0.29) is 0 Å². The maximum Gasteiger partial charge on any atom is 0.0470 e. The minimum atomic E-state index is 0.390. The number of halogens is 1. The van der Waals surface area contributed by atoms with Gasteiger partial charge in [-0.15, -0.1) is 0 Å². The van der Waals surface area contributed by atoms with E-state index < -0.39 is 0 Å². The molecule has 2 nitrogen and oxygen atoms in total. The zero-order valence-electron chi connectivity index (χ0n) is 10.2. The van der Waals surface area contributed by atoms with E-state index in [0.717, 1.165) is 4.47 Å². The van der Waals surface area contributed by atoms with Gasteiger partial charge in [-0.3, -0.25) is 4.90 Å². The Hall–Kier alpha value is -0.380. The van der Waals surface area contributed by atoms with Crippen LogP contribution in [-0.2, 0) is 0 Å². The first kappa shape index (κ1) is 13.1. The molecule has 0 aromatic heterocycles. The van der Waals surface area contributed by atoms with Crippen molar-refractivity contribution < 1.29 is 0 Å². The zero-order chi connectivity index (χ0) is 12.1. The number of nitrogens with zero attached hydrogens (tertiary/aromatic N) is 1. The van der Waals surface area contributed by atoms with Crippen molar-refractivity contribution in [3.63, 3.8) is 0 Å². The highest BCUT2D eigenvalue weighted by molar-refractivity contribution is 9.10. The number of rotatable bonds is 3. The first-order chi connectivity index (χ1) is 8.31. The van der Waals surface area contributed by atoms with Gasteiger partial charge in [0, 0.05) is 17.1 Å². The fourth-order valence-electron chi connectivity index (χ4n) is 2.59. The summed E-state index contributed by atoms with van der Waals surface area (Å²) in [5.41, 5.74) is 7.32. The highest BCUT2D eigenvalue weighted by Crippen LogP contribution is 2.24. The van der Waals surface area contributed by atoms with Crippen LogP contribution in [0, 0.1) is 0 Å². The van der Waals surface area contributed by atoms with Gasteiger partial charge in [0.1, 0.15) is 0 Å². The van der Waals surface area contributed by atoms with Crippen LogP contribution in [0.5, 0.6) is 0 Å². The van der Waals surface area contributed by atoms with E-state index >= 15 is 0 Å². The van der Waals surface area contributed by atoms with Gasteiger partial charge in [-0.2, -0.15) is 0 Å². The minimum absolute atomic E-state index is 0.390. The summed E-state index contributed by atoms with van der Waals surface area (Å²) in [6, 6.07) is 8.98. The summed E-state index contributed by atoms with van der Waals surface area (Å²) in [7, 11) is 0. The quantitative estimate of drug-likeness (QED) is 0.927. The Labute approximate surface area is 112 Å². The van der Waals surface area contributed by atoms with Crippen LogP contribution in [0.1, 0.15) is 37.3 Å². The molecular formula is C14H21BrN2. The molecular weight excluding hydrogens is 276 g/mol. The molecule has 1 heterocycles. The lowest BCUT2D eigenvalue weighted by Gasteiger charge is -2.30. The second kappa shape index (κ2) is 6.53. The molecule has 1 aromatic carbocycles. The van der Waals surface area contributed by atoms with Gasteiger partial charge in [0.15, 0.2) is 0 Å². The van der Waals surface area contributed by atoms with Crippen molar-refractivity contribution in [3.8, 4) is 0 Å². The molecule has 1 saturated heterocycles. The molecule has 1 atom stereocenters. The number of nitrogens with two attached hydrogens (primary N) is 1. The van der Waals surface area contributed by atoms with E-state index in [9.17, 15) is 0 Å². The van der Waals surface area contributed by atoms with Crippen molar-refractivity contribution in [1.82, 2.24) is 4.90 Å². The van der Waals surface area contributed by atoms with Gasteiger partial charge in [-0.25, -0.2) is 0 Å². The molecule has 0 saturated carbocycles.